The molecule has 0 radical (unpaired) electrons. The highest BCUT2D eigenvalue weighted by Gasteiger charge is 2.43. The molecule has 0 saturated carbocycles. The first-order valence-electron chi connectivity index (χ1n) is 9.66. The number of nitro groups is 1. The molecule has 0 aliphatic carbocycles. The summed E-state index contributed by atoms with van der Waals surface area (Å²) in [7, 11) is 0. The van der Waals surface area contributed by atoms with Crippen molar-refractivity contribution in [2.24, 2.45) is 10.9 Å². The molecule has 0 fully saturated rings. The van der Waals surface area contributed by atoms with Gasteiger partial charge in [-0.3, -0.25) is 19.9 Å². The summed E-state index contributed by atoms with van der Waals surface area (Å²) in [6, 6.07) is 5.81. The van der Waals surface area contributed by atoms with E-state index in [0.29, 0.717) is 17.0 Å². The van der Waals surface area contributed by atoms with E-state index in [-0.39, 0.29) is 37.0 Å². The van der Waals surface area contributed by atoms with Crippen LogP contribution >= 0.6 is 0 Å². The summed E-state index contributed by atoms with van der Waals surface area (Å²) >= 11 is 0. The zero-order chi connectivity index (χ0) is 22.4. The third-order valence-corrected chi connectivity index (χ3v) is 4.63. The Labute approximate surface area is 174 Å². The molecule has 1 heterocycles. The standard InChI is InChI=1S/C21H26N2O7/c1-12(2)30-21(26)18-14(4)22-13(3)17(20(25)29-10-6-9-24)19(18)15-7-5-8-16(11-15)23(27)28/h5,7-8,11-12,18-19,24H,6,9-10H2,1-4H3. The van der Waals surface area contributed by atoms with Crippen molar-refractivity contribution in [3.63, 3.8) is 0 Å². The minimum absolute atomic E-state index is 0.00241. The van der Waals surface area contributed by atoms with E-state index in [1.807, 2.05) is 0 Å². The Morgan fingerprint density at radius 3 is 2.60 bits per heavy atom. The number of aliphatic imine (C=N–C) groups is 1. The predicted molar refractivity (Wildman–Crippen MR) is 109 cm³/mol. The summed E-state index contributed by atoms with van der Waals surface area (Å²) in [6.45, 7) is 6.56. The average Bonchev–Trinajstić information content (AvgIpc) is 2.66. The van der Waals surface area contributed by atoms with Crippen molar-refractivity contribution < 1.29 is 29.1 Å². The van der Waals surface area contributed by atoms with Gasteiger partial charge >= 0.3 is 11.9 Å². The minimum atomic E-state index is -0.932. The fourth-order valence-electron chi connectivity index (χ4n) is 3.41. The van der Waals surface area contributed by atoms with Gasteiger partial charge in [0.15, 0.2) is 0 Å². The minimum Gasteiger partial charge on any atom is -0.462 e. The van der Waals surface area contributed by atoms with E-state index in [1.54, 1.807) is 33.8 Å². The maximum Gasteiger partial charge on any atom is 0.336 e. The summed E-state index contributed by atoms with van der Waals surface area (Å²) in [6.07, 6.45) is -0.122. The van der Waals surface area contributed by atoms with E-state index in [4.69, 9.17) is 14.6 Å². The molecular weight excluding hydrogens is 392 g/mol. The van der Waals surface area contributed by atoms with Crippen LogP contribution in [-0.4, -0.2) is 47.0 Å². The Kier molecular flexibility index (Phi) is 7.82. The lowest BCUT2D eigenvalue weighted by Crippen LogP contribution is -2.37. The molecule has 1 N–H and O–H groups in total. The second kappa shape index (κ2) is 10.1. The van der Waals surface area contributed by atoms with Crippen LogP contribution in [0.1, 0.15) is 45.6 Å². The normalized spacial score (nSPS) is 18.8. The second-order valence-electron chi connectivity index (χ2n) is 7.26. The number of benzene rings is 1. The monoisotopic (exact) mass is 418 g/mol. The number of allylic oxidation sites excluding steroid dienone is 1. The lowest BCUT2D eigenvalue weighted by Gasteiger charge is -2.32. The summed E-state index contributed by atoms with van der Waals surface area (Å²) in [5.41, 5.74) is 1.21. The van der Waals surface area contributed by atoms with Gasteiger partial charge in [0.1, 0.15) is 5.92 Å². The highest BCUT2D eigenvalue weighted by Crippen LogP contribution is 2.41. The first-order valence-corrected chi connectivity index (χ1v) is 9.66. The van der Waals surface area contributed by atoms with Gasteiger partial charge in [0.25, 0.3) is 5.69 Å². The van der Waals surface area contributed by atoms with E-state index in [0.717, 1.165) is 0 Å². The Morgan fingerprint density at radius 1 is 1.30 bits per heavy atom. The third kappa shape index (κ3) is 5.29. The molecular formula is C21H26N2O7. The fourth-order valence-corrected chi connectivity index (χ4v) is 3.41. The van der Waals surface area contributed by atoms with Gasteiger partial charge in [-0.25, -0.2) is 4.79 Å². The summed E-state index contributed by atoms with van der Waals surface area (Å²) < 4.78 is 10.6. The number of rotatable bonds is 8. The molecule has 2 rings (SSSR count). The molecule has 1 aromatic rings. The van der Waals surface area contributed by atoms with Gasteiger partial charge in [-0.1, -0.05) is 12.1 Å². The first kappa shape index (κ1) is 23.2. The van der Waals surface area contributed by atoms with Crippen LogP contribution in [0.25, 0.3) is 0 Å². The van der Waals surface area contributed by atoms with E-state index < -0.39 is 28.7 Å². The molecule has 1 aromatic carbocycles. The first-order chi connectivity index (χ1) is 14.2. The summed E-state index contributed by atoms with van der Waals surface area (Å²) in [5, 5.41) is 20.2. The maximum atomic E-state index is 12.9. The van der Waals surface area contributed by atoms with Crippen molar-refractivity contribution in [3.05, 3.63) is 51.2 Å². The molecule has 0 bridgehead atoms. The highest BCUT2D eigenvalue weighted by atomic mass is 16.6. The van der Waals surface area contributed by atoms with Gasteiger partial charge in [-0.15, -0.1) is 0 Å². The highest BCUT2D eigenvalue weighted by molar-refractivity contribution is 6.07. The van der Waals surface area contributed by atoms with Crippen LogP contribution in [0.2, 0.25) is 0 Å². The quantitative estimate of drug-likeness (QED) is 0.297. The number of aliphatic hydroxyl groups is 1. The lowest BCUT2D eigenvalue weighted by atomic mass is 9.75. The van der Waals surface area contributed by atoms with Crippen molar-refractivity contribution in [2.75, 3.05) is 13.2 Å². The zero-order valence-electron chi connectivity index (χ0n) is 17.5. The van der Waals surface area contributed by atoms with Crippen LogP contribution in [0.15, 0.2) is 40.5 Å². The Hall–Kier alpha value is -3.07. The van der Waals surface area contributed by atoms with E-state index in [1.165, 1.54) is 18.2 Å². The molecule has 9 nitrogen and oxygen atoms in total. The molecule has 1 aliphatic heterocycles. The number of nitro benzene ring substituents is 1. The predicted octanol–water partition coefficient (Wildman–Crippen LogP) is 2.92. The largest absolute Gasteiger partial charge is 0.462 e. The second-order valence-corrected chi connectivity index (χ2v) is 7.26. The lowest BCUT2D eigenvalue weighted by molar-refractivity contribution is -0.384. The molecule has 0 amide bonds. The number of non-ortho nitro benzene ring substituents is 1. The number of aliphatic hydroxyl groups excluding tert-OH is 1. The number of carbonyl (C=O) groups excluding carboxylic acids is 2. The van der Waals surface area contributed by atoms with E-state index in [2.05, 4.69) is 4.99 Å². The van der Waals surface area contributed by atoms with E-state index in [9.17, 15) is 19.7 Å². The topological polar surface area (TPSA) is 128 Å². The Bertz CT molecular complexity index is 889. The van der Waals surface area contributed by atoms with Crippen LogP contribution in [0.4, 0.5) is 5.69 Å². The molecule has 162 valence electrons. The molecule has 2 unspecified atom stereocenters. The third-order valence-electron chi connectivity index (χ3n) is 4.63. The van der Waals surface area contributed by atoms with Crippen molar-refractivity contribution in [2.45, 2.75) is 46.1 Å². The number of hydrogen-bond acceptors (Lipinski definition) is 8. The molecule has 0 saturated heterocycles. The molecule has 9 heteroatoms. The summed E-state index contributed by atoms with van der Waals surface area (Å²) in [5.74, 6) is -3.04. The van der Waals surface area contributed by atoms with Gasteiger partial charge in [0, 0.05) is 42.5 Å². The summed E-state index contributed by atoms with van der Waals surface area (Å²) in [4.78, 5) is 40.9. The Balaban J connectivity index is 2.59. The van der Waals surface area contributed by atoms with Crippen molar-refractivity contribution in [1.82, 2.24) is 0 Å². The van der Waals surface area contributed by atoms with Crippen molar-refractivity contribution in [3.8, 4) is 0 Å². The SMILES string of the molecule is CC1=NC(C)=C(C(=O)OCCCO)C(c2cccc([N+](=O)[O-])c2)C1C(=O)OC(C)C. The molecule has 30 heavy (non-hydrogen) atoms. The number of ether oxygens (including phenoxy) is 2. The Morgan fingerprint density at radius 2 is 2.00 bits per heavy atom. The van der Waals surface area contributed by atoms with Crippen LogP contribution in [0.5, 0.6) is 0 Å². The van der Waals surface area contributed by atoms with Crippen LogP contribution < -0.4 is 0 Å². The van der Waals surface area contributed by atoms with Gasteiger partial charge in [-0.05, 0) is 33.3 Å². The molecule has 0 spiro atoms. The van der Waals surface area contributed by atoms with Gasteiger partial charge in [0.2, 0.25) is 0 Å². The fraction of sp³-hybridized carbons (Fsp3) is 0.476. The number of hydrogen-bond donors (Lipinski definition) is 1. The van der Waals surface area contributed by atoms with Crippen molar-refractivity contribution >= 4 is 23.3 Å². The molecule has 0 aromatic heterocycles. The maximum absolute atomic E-state index is 12.9. The van der Waals surface area contributed by atoms with Crippen molar-refractivity contribution in [1.29, 1.82) is 0 Å². The van der Waals surface area contributed by atoms with Crippen LogP contribution in [-0.2, 0) is 19.1 Å². The average molecular weight is 418 g/mol. The van der Waals surface area contributed by atoms with Crippen LogP contribution in [0.3, 0.4) is 0 Å². The van der Waals surface area contributed by atoms with Gasteiger partial charge in [0.05, 0.1) is 23.2 Å². The van der Waals surface area contributed by atoms with Gasteiger partial charge < -0.3 is 14.6 Å². The molecule has 1 aliphatic rings. The molecule has 2 atom stereocenters. The van der Waals surface area contributed by atoms with Crippen LogP contribution in [0, 0.1) is 16.0 Å². The van der Waals surface area contributed by atoms with Gasteiger partial charge in [-0.2, -0.15) is 0 Å². The smallest absolute Gasteiger partial charge is 0.336 e. The number of carbonyl (C=O) groups is 2. The zero-order valence-corrected chi connectivity index (χ0v) is 17.5. The number of nitrogens with zero attached hydrogens (tertiary/aromatic N) is 2. The number of esters is 2. The van der Waals surface area contributed by atoms with E-state index >= 15 is 0 Å².